The maximum Gasteiger partial charge on any atom is 0.315 e. The molecule has 0 spiro atoms. The molecule has 0 aliphatic heterocycles. The van der Waals surface area contributed by atoms with Crippen LogP contribution in [0.15, 0.2) is 0 Å². The van der Waals surface area contributed by atoms with Crippen LogP contribution in [-0.4, -0.2) is 43.5 Å². The van der Waals surface area contributed by atoms with E-state index in [0.717, 1.165) is 6.29 Å². The summed E-state index contributed by atoms with van der Waals surface area (Å²) >= 11 is 0. The molecule has 14 heavy (non-hydrogen) atoms. The van der Waals surface area contributed by atoms with Crippen molar-refractivity contribution in [3.63, 3.8) is 0 Å². The van der Waals surface area contributed by atoms with Crippen molar-refractivity contribution in [2.24, 2.45) is 11.7 Å². The molecule has 0 unspecified atom stereocenters. The van der Waals surface area contributed by atoms with Gasteiger partial charge in [-0.15, -0.1) is 0 Å². The third-order valence-electron chi connectivity index (χ3n) is 2.00. The van der Waals surface area contributed by atoms with Gasteiger partial charge in [-0.3, -0.25) is 0 Å². The first-order valence-corrected chi connectivity index (χ1v) is 4.54. The Morgan fingerprint density at radius 2 is 2.14 bits per heavy atom. The number of aldehydes is 1. The fraction of sp³-hybridized carbons (Fsp3) is 0.778. The van der Waals surface area contributed by atoms with Crippen molar-refractivity contribution < 1.29 is 14.3 Å². The first-order chi connectivity index (χ1) is 6.54. The number of amides is 2. The molecule has 0 aromatic carbocycles. The molecule has 0 aliphatic rings. The normalized spacial score (nSPS) is 12.6. The van der Waals surface area contributed by atoms with Crippen molar-refractivity contribution in [2.45, 2.75) is 19.9 Å². The molecular formula is C9H18N2O3. The van der Waals surface area contributed by atoms with Gasteiger partial charge in [0.1, 0.15) is 6.29 Å². The third-order valence-corrected chi connectivity index (χ3v) is 2.00. The maximum absolute atomic E-state index is 11.0. The molecule has 5 nitrogen and oxygen atoms in total. The summed E-state index contributed by atoms with van der Waals surface area (Å²) in [4.78, 5) is 23.1. The number of methoxy groups -OCH3 is 1. The number of primary amides is 1. The zero-order valence-electron chi connectivity index (χ0n) is 8.90. The number of nitrogens with two attached hydrogens (primary N) is 1. The molecule has 2 N–H and O–H groups in total. The van der Waals surface area contributed by atoms with Gasteiger partial charge in [0.25, 0.3) is 0 Å². The summed E-state index contributed by atoms with van der Waals surface area (Å²) in [5.41, 5.74) is 5.16. The number of carbonyl (C=O) groups excluding carboxylic acids is 2. The highest BCUT2D eigenvalue weighted by atomic mass is 16.5. The van der Waals surface area contributed by atoms with E-state index in [1.54, 1.807) is 0 Å². The first-order valence-electron chi connectivity index (χ1n) is 4.54. The van der Waals surface area contributed by atoms with Gasteiger partial charge in [-0.2, -0.15) is 0 Å². The predicted octanol–water partition coefficient (Wildman–Crippen LogP) is 0.237. The number of nitrogens with zero attached hydrogens (tertiary/aromatic N) is 1. The van der Waals surface area contributed by atoms with Gasteiger partial charge in [0, 0.05) is 13.7 Å². The second kappa shape index (κ2) is 6.37. The van der Waals surface area contributed by atoms with Gasteiger partial charge in [0.2, 0.25) is 0 Å². The Balaban J connectivity index is 4.43. The Bertz CT molecular complexity index is 194. The number of rotatable bonds is 6. The van der Waals surface area contributed by atoms with Crippen molar-refractivity contribution in [2.75, 3.05) is 20.3 Å². The lowest BCUT2D eigenvalue weighted by Gasteiger charge is -2.28. The van der Waals surface area contributed by atoms with Crippen LogP contribution < -0.4 is 5.73 Å². The Hall–Kier alpha value is -1.10. The van der Waals surface area contributed by atoms with Crippen LogP contribution in [0.3, 0.4) is 0 Å². The molecule has 0 saturated carbocycles. The number of urea groups is 1. The maximum atomic E-state index is 11.0. The summed E-state index contributed by atoms with van der Waals surface area (Å²) in [6.07, 6.45) is 0.741. The van der Waals surface area contributed by atoms with Gasteiger partial charge in [-0.25, -0.2) is 4.79 Å². The van der Waals surface area contributed by atoms with Crippen LogP contribution >= 0.6 is 0 Å². The van der Waals surface area contributed by atoms with E-state index < -0.39 is 12.1 Å². The second-order valence-electron chi connectivity index (χ2n) is 3.40. The van der Waals surface area contributed by atoms with Crippen LogP contribution in [0.2, 0.25) is 0 Å². The van der Waals surface area contributed by atoms with E-state index in [-0.39, 0.29) is 5.92 Å². The topological polar surface area (TPSA) is 72.6 Å². The lowest BCUT2D eigenvalue weighted by Crippen LogP contribution is -2.48. The summed E-state index contributed by atoms with van der Waals surface area (Å²) < 4.78 is 4.83. The van der Waals surface area contributed by atoms with E-state index in [0.29, 0.717) is 13.2 Å². The van der Waals surface area contributed by atoms with E-state index in [4.69, 9.17) is 10.5 Å². The number of carbonyl (C=O) groups is 2. The highest BCUT2D eigenvalue weighted by Crippen LogP contribution is 2.07. The van der Waals surface area contributed by atoms with E-state index in [1.807, 2.05) is 13.8 Å². The summed E-state index contributed by atoms with van der Waals surface area (Å²) in [7, 11) is 1.53. The summed E-state index contributed by atoms with van der Waals surface area (Å²) in [6.45, 7) is 4.44. The van der Waals surface area contributed by atoms with Crippen molar-refractivity contribution in [1.82, 2.24) is 4.90 Å². The highest BCUT2D eigenvalue weighted by Gasteiger charge is 2.23. The molecular weight excluding hydrogens is 184 g/mol. The van der Waals surface area contributed by atoms with Gasteiger partial charge in [0.05, 0.1) is 12.6 Å². The molecule has 0 aromatic heterocycles. The molecule has 82 valence electrons. The fourth-order valence-corrected chi connectivity index (χ4v) is 1.19. The van der Waals surface area contributed by atoms with Crippen LogP contribution in [0, 0.1) is 5.92 Å². The van der Waals surface area contributed by atoms with Crippen molar-refractivity contribution in [1.29, 1.82) is 0 Å². The minimum Gasteiger partial charge on any atom is -0.383 e. The average Bonchev–Trinajstić information content (AvgIpc) is 2.10. The van der Waals surface area contributed by atoms with Gasteiger partial charge in [-0.1, -0.05) is 13.8 Å². The molecule has 0 rings (SSSR count). The molecule has 0 aromatic rings. The largest absolute Gasteiger partial charge is 0.383 e. The Morgan fingerprint density at radius 1 is 1.57 bits per heavy atom. The molecule has 0 radical (unpaired) electrons. The molecule has 0 bridgehead atoms. The molecule has 0 saturated heterocycles. The average molecular weight is 202 g/mol. The lowest BCUT2D eigenvalue weighted by atomic mass is 10.0. The molecule has 0 heterocycles. The van der Waals surface area contributed by atoms with Crippen molar-refractivity contribution >= 4 is 12.3 Å². The van der Waals surface area contributed by atoms with Crippen LogP contribution in [0.25, 0.3) is 0 Å². The van der Waals surface area contributed by atoms with Gasteiger partial charge in [0.15, 0.2) is 0 Å². The van der Waals surface area contributed by atoms with E-state index in [2.05, 4.69) is 0 Å². The van der Waals surface area contributed by atoms with E-state index in [1.165, 1.54) is 12.0 Å². The van der Waals surface area contributed by atoms with Gasteiger partial charge in [-0.05, 0) is 5.92 Å². The standard InChI is InChI=1S/C9H18N2O3/c1-7(2)8(6-12)11(9(10)13)4-5-14-3/h6-8H,4-5H2,1-3H3,(H2,10,13)/t8-/m1/s1. The molecule has 5 heteroatoms. The minimum absolute atomic E-state index is 0.0526. The Kier molecular flexibility index (Phi) is 5.87. The van der Waals surface area contributed by atoms with Crippen LogP contribution in [0.1, 0.15) is 13.8 Å². The fourth-order valence-electron chi connectivity index (χ4n) is 1.19. The quantitative estimate of drug-likeness (QED) is 0.627. The molecule has 1 atom stereocenters. The van der Waals surface area contributed by atoms with Crippen LogP contribution in [0.4, 0.5) is 4.79 Å². The molecule has 0 aliphatic carbocycles. The lowest BCUT2D eigenvalue weighted by molar-refractivity contribution is -0.112. The Morgan fingerprint density at radius 3 is 2.43 bits per heavy atom. The predicted molar refractivity (Wildman–Crippen MR) is 52.9 cm³/mol. The number of hydrogen-bond donors (Lipinski definition) is 1. The van der Waals surface area contributed by atoms with Crippen LogP contribution in [-0.2, 0) is 9.53 Å². The zero-order valence-corrected chi connectivity index (χ0v) is 8.90. The van der Waals surface area contributed by atoms with Crippen molar-refractivity contribution in [3.05, 3.63) is 0 Å². The minimum atomic E-state index is -0.590. The van der Waals surface area contributed by atoms with E-state index in [9.17, 15) is 9.59 Å². The molecule has 2 amide bonds. The smallest absolute Gasteiger partial charge is 0.315 e. The summed E-state index contributed by atoms with van der Waals surface area (Å²) in [5.74, 6) is 0.0526. The van der Waals surface area contributed by atoms with Crippen LogP contribution in [0.5, 0.6) is 0 Å². The van der Waals surface area contributed by atoms with E-state index >= 15 is 0 Å². The summed E-state index contributed by atoms with van der Waals surface area (Å²) in [6, 6.07) is -1.06. The van der Waals surface area contributed by atoms with Gasteiger partial charge >= 0.3 is 6.03 Å². The monoisotopic (exact) mass is 202 g/mol. The van der Waals surface area contributed by atoms with Gasteiger partial charge < -0.3 is 20.2 Å². The Labute approximate surface area is 84.2 Å². The zero-order chi connectivity index (χ0) is 11.1. The number of ether oxygens (including phenoxy) is 1. The second-order valence-corrected chi connectivity index (χ2v) is 3.40. The SMILES string of the molecule is COCCN(C(N)=O)[C@H](C=O)C(C)C. The third kappa shape index (κ3) is 3.74. The number of hydrogen-bond acceptors (Lipinski definition) is 3. The molecule has 0 fully saturated rings. The first kappa shape index (κ1) is 12.9. The highest BCUT2D eigenvalue weighted by molar-refractivity contribution is 5.76. The summed E-state index contributed by atoms with van der Waals surface area (Å²) in [5, 5.41) is 0. The van der Waals surface area contributed by atoms with Crippen molar-refractivity contribution in [3.8, 4) is 0 Å².